The second-order valence-corrected chi connectivity index (χ2v) is 6.11. The fourth-order valence-corrected chi connectivity index (χ4v) is 3.00. The Bertz CT molecular complexity index is 824. The highest BCUT2D eigenvalue weighted by Gasteiger charge is 2.36. The van der Waals surface area contributed by atoms with Gasteiger partial charge in [-0.15, -0.1) is 10.2 Å². The van der Waals surface area contributed by atoms with Crippen LogP contribution in [0.5, 0.6) is 0 Å². The number of carbonyl (C=O) groups is 1. The molecule has 130 valence electrons. The number of hydrogen-bond acceptors (Lipinski definition) is 7. The van der Waals surface area contributed by atoms with E-state index in [4.69, 9.17) is 4.74 Å². The van der Waals surface area contributed by atoms with Gasteiger partial charge in [-0.3, -0.25) is 4.98 Å². The van der Waals surface area contributed by atoms with Crippen LogP contribution in [-0.2, 0) is 9.53 Å². The molecule has 0 saturated carbocycles. The summed E-state index contributed by atoms with van der Waals surface area (Å²) in [7, 11) is 0. The first-order valence-electron chi connectivity index (χ1n) is 8.02. The standard InChI is InChI=1S/C17H20N6O2/c1-9(2)25-17(24)14-11(4)19-10(3)13(16-20-22-23-21-16)15(14)12-5-7-18-8-6-12/h5-9,15,19H,1-4H3,(H,20,21,22,23). The normalized spacial score (nSPS) is 17.7. The second kappa shape index (κ2) is 6.84. The number of allylic oxidation sites excluding steroid dienone is 3. The average Bonchev–Trinajstić information content (AvgIpc) is 3.08. The van der Waals surface area contributed by atoms with Crippen LogP contribution in [0.3, 0.4) is 0 Å². The van der Waals surface area contributed by atoms with E-state index < -0.39 is 0 Å². The van der Waals surface area contributed by atoms with Crippen LogP contribution in [0.4, 0.5) is 0 Å². The molecule has 0 aliphatic carbocycles. The molecule has 8 heteroatoms. The first-order chi connectivity index (χ1) is 12.0. The number of pyridine rings is 1. The number of carbonyl (C=O) groups excluding carboxylic acids is 1. The maximum atomic E-state index is 12.8. The Morgan fingerprint density at radius 1 is 1.20 bits per heavy atom. The largest absolute Gasteiger partial charge is 0.460 e. The molecule has 1 aliphatic rings. The smallest absolute Gasteiger partial charge is 0.337 e. The second-order valence-electron chi connectivity index (χ2n) is 6.11. The van der Waals surface area contributed by atoms with Crippen molar-refractivity contribution in [3.05, 3.63) is 52.9 Å². The van der Waals surface area contributed by atoms with Crippen molar-refractivity contribution in [3.8, 4) is 0 Å². The molecule has 0 saturated heterocycles. The van der Waals surface area contributed by atoms with Gasteiger partial charge in [0.1, 0.15) is 0 Å². The van der Waals surface area contributed by atoms with Crippen LogP contribution in [0, 0.1) is 0 Å². The molecule has 25 heavy (non-hydrogen) atoms. The number of rotatable bonds is 4. The van der Waals surface area contributed by atoms with Crippen molar-refractivity contribution in [1.82, 2.24) is 30.9 Å². The van der Waals surface area contributed by atoms with Crippen molar-refractivity contribution in [2.75, 3.05) is 0 Å². The molecular weight excluding hydrogens is 320 g/mol. The summed E-state index contributed by atoms with van der Waals surface area (Å²) in [5, 5.41) is 17.6. The summed E-state index contributed by atoms with van der Waals surface area (Å²) < 4.78 is 5.47. The van der Waals surface area contributed by atoms with Gasteiger partial charge >= 0.3 is 5.97 Å². The number of aromatic amines is 1. The number of H-pyrrole nitrogens is 1. The summed E-state index contributed by atoms with van der Waals surface area (Å²) in [5.74, 6) is -0.294. The van der Waals surface area contributed by atoms with Gasteiger partial charge in [-0.1, -0.05) is 0 Å². The molecule has 3 heterocycles. The quantitative estimate of drug-likeness (QED) is 0.819. The number of esters is 1. The minimum Gasteiger partial charge on any atom is -0.460 e. The van der Waals surface area contributed by atoms with Gasteiger partial charge in [-0.2, -0.15) is 5.21 Å². The Morgan fingerprint density at radius 2 is 1.92 bits per heavy atom. The van der Waals surface area contributed by atoms with Crippen LogP contribution < -0.4 is 5.32 Å². The van der Waals surface area contributed by atoms with Gasteiger partial charge < -0.3 is 10.1 Å². The molecule has 1 aliphatic heterocycles. The monoisotopic (exact) mass is 340 g/mol. The van der Waals surface area contributed by atoms with E-state index in [1.54, 1.807) is 12.4 Å². The Morgan fingerprint density at radius 3 is 2.52 bits per heavy atom. The zero-order valence-electron chi connectivity index (χ0n) is 14.6. The molecule has 8 nitrogen and oxygen atoms in total. The summed E-state index contributed by atoms with van der Waals surface area (Å²) >= 11 is 0. The molecule has 0 spiro atoms. The number of tetrazole rings is 1. The van der Waals surface area contributed by atoms with E-state index >= 15 is 0 Å². The number of ether oxygens (including phenoxy) is 1. The van der Waals surface area contributed by atoms with Crippen molar-refractivity contribution in [2.24, 2.45) is 0 Å². The van der Waals surface area contributed by atoms with Crippen LogP contribution in [0.2, 0.25) is 0 Å². The molecule has 0 bridgehead atoms. The number of aromatic nitrogens is 5. The third-order valence-corrected chi connectivity index (χ3v) is 3.95. The van der Waals surface area contributed by atoms with Gasteiger partial charge in [0.2, 0.25) is 5.82 Å². The van der Waals surface area contributed by atoms with Crippen molar-refractivity contribution in [3.63, 3.8) is 0 Å². The molecule has 0 aromatic carbocycles. The van der Waals surface area contributed by atoms with Gasteiger partial charge in [-0.05, 0) is 50.6 Å². The lowest BCUT2D eigenvalue weighted by Crippen LogP contribution is -2.29. The first-order valence-corrected chi connectivity index (χ1v) is 8.02. The predicted octanol–water partition coefficient (Wildman–Crippen LogP) is 1.94. The van der Waals surface area contributed by atoms with Gasteiger partial charge in [0.15, 0.2) is 0 Å². The van der Waals surface area contributed by atoms with E-state index in [0.717, 1.165) is 22.5 Å². The number of dihydropyridines is 1. The number of nitrogens with zero attached hydrogens (tertiary/aromatic N) is 4. The fourth-order valence-electron chi connectivity index (χ4n) is 3.00. The van der Waals surface area contributed by atoms with Crippen LogP contribution in [0.15, 0.2) is 41.5 Å². The lowest BCUT2D eigenvalue weighted by molar-refractivity contribution is -0.142. The molecule has 0 radical (unpaired) electrons. The zero-order chi connectivity index (χ0) is 18.0. The first kappa shape index (κ1) is 16.8. The molecule has 1 unspecified atom stereocenters. The molecule has 0 fully saturated rings. The Hall–Kier alpha value is -3.03. The minimum atomic E-state index is -0.368. The summed E-state index contributed by atoms with van der Waals surface area (Å²) in [6, 6.07) is 3.75. The number of nitrogens with one attached hydrogen (secondary N) is 2. The average molecular weight is 340 g/mol. The molecule has 3 rings (SSSR count). The highest BCUT2D eigenvalue weighted by molar-refractivity contribution is 5.97. The Kier molecular flexibility index (Phi) is 4.60. The maximum Gasteiger partial charge on any atom is 0.337 e. The van der Waals surface area contributed by atoms with E-state index in [1.807, 2.05) is 39.8 Å². The zero-order valence-corrected chi connectivity index (χ0v) is 14.6. The molecule has 2 N–H and O–H groups in total. The molecule has 0 amide bonds. The highest BCUT2D eigenvalue weighted by atomic mass is 16.5. The van der Waals surface area contributed by atoms with Crippen LogP contribution >= 0.6 is 0 Å². The van der Waals surface area contributed by atoms with E-state index in [9.17, 15) is 4.79 Å². The summed E-state index contributed by atoms with van der Waals surface area (Å²) in [6.45, 7) is 7.44. The lowest BCUT2D eigenvalue weighted by Gasteiger charge is -2.30. The van der Waals surface area contributed by atoms with Gasteiger partial charge in [-0.25, -0.2) is 4.79 Å². The van der Waals surface area contributed by atoms with E-state index in [0.29, 0.717) is 11.4 Å². The molecular formula is C17H20N6O2. The fraction of sp³-hybridized carbons (Fsp3) is 0.353. The summed E-state index contributed by atoms with van der Waals surface area (Å²) in [6.07, 6.45) is 3.18. The van der Waals surface area contributed by atoms with Crippen LogP contribution in [0.25, 0.3) is 5.57 Å². The number of hydrogen-bond donors (Lipinski definition) is 2. The van der Waals surface area contributed by atoms with E-state index in [2.05, 4.69) is 30.9 Å². The van der Waals surface area contributed by atoms with E-state index in [-0.39, 0.29) is 18.0 Å². The van der Waals surface area contributed by atoms with Crippen molar-refractivity contribution in [1.29, 1.82) is 0 Å². The molecule has 2 aromatic rings. The molecule has 1 atom stereocenters. The third-order valence-electron chi connectivity index (χ3n) is 3.95. The third kappa shape index (κ3) is 3.28. The predicted molar refractivity (Wildman–Crippen MR) is 90.8 cm³/mol. The minimum absolute atomic E-state index is 0.216. The van der Waals surface area contributed by atoms with Gasteiger partial charge in [0.25, 0.3) is 0 Å². The SMILES string of the molecule is CC1=C(C(=O)OC(C)C)C(c2ccncc2)C(c2nn[nH]n2)=C(C)N1. The van der Waals surface area contributed by atoms with Crippen molar-refractivity contribution < 1.29 is 9.53 Å². The van der Waals surface area contributed by atoms with Crippen molar-refractivity contribution in [2.45, 2.75) is 39.7 Å². The van der Waals surface area contributed by atoms with Gasteiger partial charge in [0.05, 0.1) is 11.7 Å². The molecule has 2 aromatic heterocycles. The summed E-state index contributed by atoms with van der Waals surface area (Å²) in [5.41, 5.74) is 3.83. The maximum absolute atomic E-state index is 12.8. The highest BCUT2D eigenvalue weighted by Crippen LogP contribution is 2.42. The van der Waals surface area contributed by atoms with Gasteiger partial charge in [0, 0.05) is 35.3 Å². The Labute approximate surface area is 145 Å². The van der Waals surface area contributed by atoms with E-state index in [1.165, 1.54) is 0 Å². The van der Waals surface area contributed by atoms with Crippen LogP contribution in [-0.4, -0.2) is 37.7 Å². The van der Waals surface area contributed by atoms with Crippen LogP contribution in [0.1, 0.15) is 45.0 Å². The van der Waals surface area contributed by atoms with Crippen molar-refractivity contribution >= 4 is 11.5 Å². The topological polar surface area (TPSA) is 106 Å². The Balaban J connectivity index is 2.16. The lowest BCUT2D eigenvalue weighted by atomic mass is 9.80. The summed E-state index contributed by atoms with van der Waals surface area (Å²) in [4.78, 5) is 16.9.